The van der Waals surface area contributed by atoms with Gasteiger partial charge in [0.15, 0.2) is 11.8 Å². The van der Waals surface area contributed by atoms with Gasteiger partial charge < -0.3 is 4.55 Å². The lowest BCUT2D eigenvalue weighted by Gasteiger charge is -2.30. The lowest BCUT2D eigenvalue weighted by molar-refractivity contribution is 0.372. The summed E-state index contributed by atoms with van der Waals surface area (Å²) in [6, 6.07) is 0. The SMILES string of the molecule is O=S(O)C(I)(I)C1CCCCC1. The summed E-state index contributed by atoms with van der Waals surface area (Å²) in [6.07, 6.45) is 5.94. The summed E-state index contributed by atoms with van der Waals surface area (Å²) in [6.45, 7) is 0. The normalized spacial score (nSPS) is 23.9. The summed E-state index contributed by atoms with van der Waals surface area (Å²) in [5.74, 6) is 0.415. The Bertz CT molecular complexity index is 178. The number of halogens is 2. The molecule has 1 aliphatic rings. The molecular formula is C7H12I2O2S. The minimum absolute atomic E-state index is 0.415. The molecule has 2 nitrogen and oxygen atoms in total. The van der Waals surface area contributed by atoms with Crippen molar-refractivity contribution in [2.45, 2.75) is 32.9 Å². The summed E-state index contributed by atoms with van der Waals surface area (Å²) in [5.41, 5.74) is 0. The Hall–Kier alpha value is 1.57. The third-order valence-electron chi connectivity index (χ3n) is 2.31. The molecule has 0 aromatic carbocycles. The van der Waals surface area contributed by atoms with Crippen molar-refractivity contribution in [3.63, 3.8) is 0 Å². The topological polar surface area (TPSA) is 37.3 Å². The van der Waals surface area contributed by atoms with Gasteiger partial charge in [-0.3, -0.25) is 0 Å². The molecule has 0 spiro atoms. The average molecular weight is 414 g/mol. The molecule has 72 valence electrons. The van der Waals surface area contributed by atoms with E-state index >= 15 is 0 Å². The summed E-state index contributed by atoms with van der Waals surface area (Å²) in [4.78, 5) is 0. The highest BCUT2D eigenvalue weighted by atomic mass is 127. The van der Waals surface area contributed by atoms with Gasteiger partial charge in [0.05, 0.1) is 0 Å². The van der Waals surface area contributed by atoms with Crippen LogP contribution in [0.2, 0.25) is 0 Å². The maximum absolute atomic E-state index is 11.0. The van der Waals surface area contributed by atoms with E-state index < -0.39 is 11.8 Å². The van der Waals surface area contributed by atoms with Gasteiger partial charge in [0.2, 0.25) is 0 Å². The first-order valence-corrected chi connectivity index (χ1v) is 7.30. The summed E-state index contributed by atoms with van der Waals surface area (Å²) in [7, 11) is 0. The first-order chi connectivity index (χ1) is 5.55. The molecular weight excluding hydrogens is 402 g/mol. The molecule has 0 radical (unpaired) electrons. The fourth-order valence-corrected chi connectivity index (χ4v) is 3.35. The smallest absolute Gasteiger partial charge is 0.179 e. The van der Waals surface area contributed by atoms with Crippen molar-refractivity contribution in [2.24, 2.45) is 5.92 Å². The van der Waals surface area contributed by atoms with Crippen LogP contribution in [0.4, 0.5) is 0 Å². The predicted octanol–water partition coefficient (Wildman–Crippen LogP) is 3.31. The minimum atomic E-state index is -1.70. The number of alkyl halides is 2. The van der Waals surface area contributed by atoms with Gasteiger partial charge in [-0.05, 0) is 63.9 Å². The van der Waals surface area contributed by atoms with E-state index in [1.807, 2.05) is 0 Å². The van der Waals surface area contributed by atoms with Crippen LogP contribution in [0.15, 0.2) is 0 Å². The van der Waals surface area contributed by atoms with Crippen molar-refractivity contribution in [3.05, 3.63) is 0 Å². The van der Waals surface area contributed by atoms with E-state index in [2.05, 4.69) is 45.2 Å². The minimum Gasteiger partial charge on any atom is -0.304 e. The van der Waals surface area contributed by atoms with Gasteiger partial charge in [-0.25, -0.2) is 4.21 Å². The van der Waals surface area contributed by atoms with E-state index in [1.54, 1.807) is 0 Å². The van der Waals surface area contributed by atoms with E-state index in [9.17, 15) is 4.21 Å². The molecule has 0 amide bonds. The van der Waals surface area contributed by atoms with Gasteiger partial charge in [-0.2, -0.15) is 0 Å². The average Bonchev–Trinajstić information content (AvgIpc) is 2.06. The molecule has 0 aromatic rings. The number of hydrogen-bond acceptors (Lipinski definition) is 1. The molecule has 0 aliphatic heterocycles. The molecule has 1 rings (SSSR count). The Morgan fingerprint density at radius 3 is 2.17 bits per heavy atom. The second-order valence-electron chi connectivity index (χ2n) is 3.15. The number of rotatable bonds is 2. The highest BCUT2D eigenvalue weighted by Gasteiger charge is 2.39. The van der Waals surface area contributed by atoms with Crippen molar-refractivity contribution in [1.82, 2.24) is 0 Å². The lowest BCUT2D eigenvalue weighted by Crippen LogP contribution is -2.30. The van der Waals surface area contributed by atoms with Gasteiger partial charge in [0.1, 0.15) is 0 Å². The lowest BCUT2D eigenvalue weighted by atomic mass is 9.91. The fraction of sp³-hybridized carbons (Fsp3) is 1.00. The molecule has 0 bridgehead atoms. The Morgan fingerprint density at radius 2 is 1.75 bits per heavy atom. The van der Waals surface area contributed by atoms with Crippen LogP contribution in [0, 0.1) is 5.92 Å². The quantitative estimate of drug-likeness (QED) is 0.428. The van der Waals surface area contributed by atoms with Crippen molar-refractivity contribution in [3.8, 4) is 0 Å². The molecule has 1 saturated carbocycles. The van der Waals surface area contributed by atoms with Crippen LogP contribution >= 0.6 is 45.2 Å². The number of hydrogen-bond donors (Lipinski definition) is 1. The largest absolute Gasteiger partial charge is 0.304 e. The van der Waals surface area contributed by atoms with Crippen molar-refractivity contribution in [1.29, 1.82) is 0 Å². The molecule has 0 heterocycles. The molecule has 1 fully saturated rings. The Labute approximate surface area is 103 Å². The summed E-state index contributed by atoms with van der Waals surface area (Å²) >= 11 is 2.54. The van der Waals surface area contributed by atoms with Crippen molar-refractivity contribution >= 4 is 56.3 Å². The molecule has 1 unspecified atom stereocenters. The van der Waals surface area contributed by atoms with Crippen LogP contribution in [-0.4, -0.2) is 9.52 Å². The summed E-state index contributed by atoms with van der Waals surface area (Å²) < 4.78 is 19.6. The molecule has 5 heteroatoms. The van der Waals surface area contributed by atoms with Crippen LogP contribution in [0.1, 0.15) is 32.1 Å². The third-order valence-corrected chi connectivity index (χ3v) is 7.13. The second kappa shape index (κ2) is 4.88. The highest BCUT2D eigenvalue weighted by Crippen LogP contribution is 2.45. The predicted molar refractivity (Wildman–Crippen MR) is 68.1 cm³/mol. The Kier molecular flexibility index (Phi) is 4.73. The first-order valence-electron chi connectivity index (χ1n) is 4.04. The zero-order chi connectivity index (χ0) is 9.19. The van der Waals surface area contributed by atoms with E-state index in [0.29, 0.717) is 5.92 Å². The molecule has 1 aliphatic carbocycles. The van der Waals surface area contributed by atoms with Gasteiger partial charge >= 0.3 is 0 Å². The van der Waals surface area contributed by atoms with Crippen LogP contribution in [0.5, 0.6) is 0 Å². The van der Waals surface area contributed by atoms with E-state index in [4.69, 9.17) is 4.55 Å². The molecule has 0 saturated heterocycles. The zero-order valence-corrected chi connectivity index (χ0v) is 11.8. The monoisotopic (exact) mass is 414 g/mol. The van der Waals surface area contributed by atoms with E-state index in [0.717, 1.165) is 12.8 Å². The van der Waals surface area contributed by atoms with Crippen molar-refractivity contribution < 1.29 is 8.76 Å². The van der Waals surface area contributed by atoms with Gasteiger partial charge in [0.25, 0.3) is 0 Å². The van der Waals surface area contributed by atoms with Gasteiger partial charge in [-0.1, -0.05) is 19.3 Å². The Morgan fingerprint density at radius 1 is 1.25 bits per heavy atom. The van der Waals surface area contributed by atoms with E-state index in [-0.39, 0.29) is 0 Å². The fourth-order valence-electron chi connectivity index (χ4n) is 1.58. The van der Waals surface area contributed by atoms with E-state index in [1.165, 1.54) is 19.3 Å². The standard InChI is InChI=1S/C7H12I2O2S/c8-7(9,12(10)11)6-4-2-1-3-5-6/h6H,1-5H2,(H,10,11). The van der Waals surface area contributed by atoms with Crippen LogP contribution < -0.4 is 0 Å². The Balaban J connectivity index is 2.59. The highest BCUT2D eigenvalue weighted by molar-refractivity contribution is 14.2. The molecule has 12 heavy (non-hydrogen) atoms. The summed E-state index contributed by atoms with van der Waals surface area (Å²) in [5, 5.41) is 0. The first kappa shape index (κ1) is 11.6. The van der Waals surface area contributed by atoms with Gasteiger partial charge in [-0.15, -0.1) is 0 Å². The van der Waals surface area contributed by atoms with Crippen molar-refractivity contribution in [2.75, 3.05) is 0 Å². The molecule has 0 aromatic heterocycles. The maximum atomic E-state index is 11.0. The second-order valence-corrected chi connectivity index (χ2v) is 11.2. The maximum Gasteiger partial charge on any atom is 0.179 e. The van der Waals surface area contributed by atoms with Crippen LogP contribution in [0.25, 0.3) is 0 Å². The molecule has 1 N–H and O–H groups in total. The molecule has 1 atom stereocenters. The zero-order valence-electron chi connectivity index (χ0n) is 6.63. The van der Waals surface area contributed by atoms with Crippen LogP contribution in [0.3, 0.4) is 0 Å². The third kappa shape index (κ3) is 2.78. The van der Waals surface area contributed by atoms with Crippen LogP contribution in [-0.2, 0) is 11.1 Å². The van der Waals surface area contributed by atoms with Gasteiger partial charge in [0, 0.05) is 0 Å².